The minimum atomic E-state index is -0.293. The zero-order valence-corrected chi connectivity index (χ0v) is 9.68. The number of rotatable bonds is 4. The van der Waals surface area contributed by atoms with Gasteiger partial charge in [0, 0.05) is 44.5 Å². The third-order valence-electron chi connectivity index (χ3n) is 3.00. The van der Waals surface area contributed by atoms with Crippen molar-refractivity contribution < 1.29 is 9.18 Å². The lowest BCUT2D eigenvalue weighted by molar-refractivity contribution is 0.112. The number of aromatic nitrogens is 1. The molecular formula is C12H16FN3O. The topological polar surface area (TPSA) is 36.4 Å². The van der Waals surface area contributed by atoms with Crippen molar-refractivity contribution in [1.29, 1.82) is 0 Å². The molecule has 0 N–H and O–H groups in total. The van der Waals surface area contributed by atoms with E-state index in [4.69, 9.17) is 0 Å². The van der Waals surface area contributed by atoms with E-state index in [1.807, 2.05) is 0 Å². The highest BCUT2D eigenvalue weighted by Gasteiger charge is 2.17. The summed E-state index contributed by atoms with van der Waals surface area (Å²) in [4.78, 5) is 19.2. The molecule has 0 saturated carbocycles. The van der Waals surface area contributed by atoms with Crippen LogP contribution in [0.5, 0.6) is 0 Å². The highest BCUT2D eigenvalue weighted by molar-refractivity contribution is 5.76. The van der Waals surface area contributed by atoms with Crippen LogP contribution in [-0.4, -0.2) is 55.6 Å². The smallest absolute Gasteiger partial charge is 0.150 e. The Morgan fingerprint density at radius 2 is 2.12 bits per heavy atom. The molecule has 0 spiro atoms. The number of halogens is 1. The van der Waals surface area contributed by atoms with Gasteiger partial charge in [-0.3, -0.25) is 9.69 Å². The summed E-state index contributed by atoms with van der Waals surface area (Å²) in [5.74, 6) is 0.828. The molecule has 1 aliphatic rings. The van der Waals surface area contributed by atoms with Crippen LogP contribution in [0, 0.1) is 0 Å². The summed E-state index contributed by atoms with van der Waals surface area (Å²) in [5.41, 5.74) is 0.640. The van der Waals surface area contributed by atoms with Gasteiger partial charge in [0.05, 0.1) is 0 Å². The van der Waals surface area contributed by atoms with Crippen molar-refractivity contribution in [2.75, 3.05) is 44.3 Å². The van der Waals surface area contributed by atoms with Gasteiger partial charge in [-0.05, 0) is 12.1 Å². The third kappa shape index (κ3) is 3.00. The van der Waals surface area contributed by atoms with Crippen LogP contribution in [0.4, 0.5) is 10.2 Å². The summed E-state index contributed by atoms with van der Waals surface area (Å²) in [7, 11) is 0. The molecule has 0 aliphatic carbocycles. The van der Waals surface area contributed by atoms with Crippen LogP contribution in [-0.2, 0) is 0 Å². The fourth-order valence-corrected chi connectivity index (χ4v) is 2.00. The first-order chi connectivity index (χ1) is 8.33. The summed E-state index contributed by atoms with van der Waals surface area (Å²) in [5, 5.41) is 0. The number of nitrogens with zero attached hydrogens (tertiary/aromatic N) is 3. The van der Waals surface area contributed by atoms with Crippen LogP contribution in [0.1, 0.15) is 10.4 Å². The lowest BCUT2D eigenvalue weighted by atomic mass is 10.2. The van der Waals surface area contributed by atoms with E-state index in [0.717, 1.165) is 38.3 Å². The highest BCUT2D eigenvalue weighted by atomic mass is 19.1. The van der Waals surface area contributed by atoms with Crippen molar-refractivity contribution in [3.63, 3.8) is 0 Å². The maximum atomic E-state index is 12.2. The first kappa shape index (κ1) is 12.0. The molecule has 1 saturated heterocycles. The number of carbonyl (C=O) groups is 1. The molecule has 92 valence electrons. The fourth-order valence-electron chi connectivity index (χ4n) is 2.00. The van der Waals surface area contributed by atoms with Gasteiger partial charge in [-0.15, -0.1) is 0 Å². The van der Waals surface area contributed by atoms with E-state index >= 15 is 0 Å². The van der Waals surface area contributed by atoms with Crippen molar-refractivity contribution in [1.82, 2.24) is 9.88 Å². The zero-order valence-electron chi connectivity index (χ0n) is 9.68. The molecule has 0 aromatic carbocycles. The molecular weight excluding hydrogens is 221 g/mol. The summed E-state index contributed by atoms with van der Waals surface area (Å²) >= 11 is 0. The second kappa shape index (κ2) is 5.72. The van der Waals surface area contributed by atoms with Gasteiger partial charge >= 0.3 is 0 Å². The summed E-state index contributed by atoms with van der Waals surface area (Å²) in [6.07, 6.45) is 2.47. The van der Waals surface area contributed by atoms with Crippen LogP contribution < -0.4 is 4.90 Å². The number of carbonyl (C=O) groups excluding carboxylic acids is 1. The second-order valence-corrected chi connectivity index (χ2v) is 4.08. The summed E-state index contributed by atoms with van der Waals surface area (Å²) in [6.45, 7) is 3.56. The normalized spacial score (nSPS) is 17.1. The quantitative estimate of drug-likeness (QED) is 0.732. The van der Waals surface area contributed by atoms with Gasteiger partial charge in [0.25, 0.3) is 0 Å². The maximum absolute atomic E-state index is 12.2. The Morgan fingerprint density at radius 1 is 1.35 bits per heavy atom. The highest BCUT2D eigenvalue weighted by Crippen LogP contribution is 2.14. The van der Waals surface area contributed by atoms with Crippen LogP contribution in [0.15, 0.2) is 18.3 Å². The Labute approximate surface area is 100 Å². The van der Waals surface area contributed by atoms with Crippen LogP contribution in [0.3, 0.4) is 0 Å². The van der Waals surface area contributed by atoms with Crippen LogP contribution in [0.2, 0.25) is 0 Å². The Balaban J connectivity index is 1.97. The minimum absolute atomic E-state index is 0.293. The number of aldehydes is 1. The van der Waals surface area contributed by atoms with E-state index in [9.17, 15) is 9.18 Å². The van der Waals surface area contributed by atoms with Crippen molar-refractivity contribution >= 4 is 12.1 Å². The van der Waals surface area contributed by atoms with E-state index < -0.39 is 0 Å². The molecule has 0 unspecified atom stereocenters. The average molecular weight is 237 g/mol. The van der Waals surface area contributed by atoms with Gasteiger partial charge in [-0.1, -0.05) is 0 Å². The molecule has 1 fully saturated rings. The number of alkyl halides is 1. The van der Waals surface area contributed by atoms with Crippen molar-refractivity contribution in [2.45, 2.75) is 0 Å². The van der Waals surface area contributed by atoms with E-state index in [0.29, 0.717) is 12.1 Å². The Hall–Kier alpha value is -1.49. The van der Waals surface area contributed by atoms with Crippen molar-refractivity contribution in [3.05, 3.63) is 23.9 Å². The molecule has 0 bridgehead atoms. The molecule has 0 radical (unpaired) electrons. The Morgan fingerprint density at radius 3 is 2.76 bits per heavy atom. The molecule has 1 aliphatic heterocycles. The predicted octanol–water partition coefficient (Wildman–Crippen LogP) is 0.986. The molecule has 5 heteroatoms. The predicted molar refractivity (Wildman–Crippen MR) is 64.3 cm³/mol. The molecule has 2 heterocycles. The largest absolute Gasteiger partial charge is 0.354 e. The number of hydrogen-bond acceptors (Lipinski definition) is 4. The van der Waals surface area contributed by atoms with E-state index in [2.05, 4.69) is 14.8 Å². The SMILES string of the molecule is O=Cc1ccnc(N2CCN(CCF)CC2)c1. The number of hydrogen-bond donors (Lipinski definition) is 0. The van der Waals surface area contributed by atoms with Crippen molar-refractivity contribution in [2.24, 2.45) is 0 Å². The minimum Gasteiger partial charge on any atom is -0.354 e. The molecule has 2 rings (SSSR count). The first-order valence-electron chi connectivity index (χ1n) is 5.78. The summed E-state index contributed by atoms with van der Waals surface area (Å²) in [6, 6.07) is 3.48. The van der Waals surface area contributed by atoms with E-state index in [1.54, 1.807) is 18.3 Å². The molecule has 1 aromatic rings. The van der Waals surface area contributed by atoms with Crippen LogP contribution in [0.25, 0.3) is 0 Å². The van der Waals surface area contributed by atoms with Gasteiger partial charge < -0.3 is 4.90 Å². The maximum Gasteiger partial charge on any atom is 0.150 e. The number of piperazine rings is 1. The first-order valence-corrected chi connectivity index (χ1v) is 5.78. The average Bonchev–Trinajstić information content (AvgIpc) is 2.40. The third-order valence-corrected chi connectivity index (χ3v) is 3.00. The molecule has 17 heavy (non-hydrogen) atoms. The fraction of sp³-hybridized carbons (Fsp3) is 0.500. The number of anilines is 1. The standard InChI is InChI=1S/C12H16FN3O/c13-2-4-15-5-7-16(8-6-15)12-9-11(10-17)1-3-14-12/h1,3,9-10H,2,4-8H2. The van der Waals surface area contributed by atoms with E-state index in [-0.39, 0.29) is 6.67 Å². The second-order valence-electron chi connectivity index (χ2n) is 4.08. The van der Waals surface area contributed by atoms with Gasteiger partial charge in [-0.25, -0.2) is 9.37 Å². The van der Waals surface area contributed by atoms with Gasteiger partial charge in [-0.2, -0.15) is 0 Å². The van der Waals surface area contributed by atoms with Gasteiger partial charge in [0.2, 0.25) is 0 Å². The molecule has 1 aromatic heterocycles. The Kier molecular flexibility index (Phi) is 4.03. The van der Waals surface area contributed by atoms with Gasteiger partial charge in [0.15, 0.2) is 0 Å². The van der Waals surface area contributed by atoms with Gasteiger partial charge in [0.1, 0.15) is 18.8 Å². The molecule has 0 atom stereocenters. The van der Waals surface area contributed by atoms with E-state index in [1.165, 1.54) is 0 Å². The lowest BCUT2D eigenvalue weighted by Gasteiger charge is -2.34. The lowest BCUT2D eigenvalue weighted by Crippen LogP contribution is -2.47. The van der Waals surface area contributed by atoms with Crippen molar-refractivity contribution in [3.8, 4) is 0 Å². The Bertz CT molecular complexity index is 378. The molecule has 0 amide bonds. The zero-order chi connectivity index (χ0) is 12.1. The van der Waals surface area contributed by atoms with Crippen LogP contribution >= 0.6 is 0 Å². The number of pyridine rings is 1. The summed E-state index contributed by atoms with van der Waals surface area (Å²) < 4.78 is 12.2. The monoisotopic (exact) mass is 237 g/mol. The molecule has 4 nitrogen and oxygen atoms in total.